The van der Waals surface area contributed by atoms with Gasteiger partial charge < -0.3 is 15.5 Å². The van der Waals surface area contributed by atoms with Crippen LogP contribution in [0.3, 0.4) is 0 Å². The molecule has 3 heterocycles. The summed E-state index contributed by atoms with van der Waals surface area (Å²) in [6, 6.07) is 1.86. The lowest BCUT2D eigenvalue weighted by atomic mass is 9.93. The van der Waals surface area contributed by atoms with Crippen LogP contribution in [0.5, 0.6) is 0 Å². The van der Waals surface area contributed by atoms with Crippen LogP contribution in [0.2, 0.25) is 0 Å². The van der Waals surface area contributed by atoms with Gasteiger partial charge in [0.2, 0.25) is 5.95 Å². The molecule has 4 rings (SSSR count). The Morgan fingerprint density at radius 3 is 2.67 bits per heavy atom. The molecule has 3 N–H and O–H groups in total. The zero-order valence-electron chi connectivity index (χ0n) is 17.8. The van der Waals surface area contributed by atoms with Gasteiger partial charge in [0, 0.05) is 27.2 Å². The van der Waals surface area contributed by atoms with Crippen LogP contribution in [0, 0.1) is 12.3 Å². The zero-order chi connectivity index (χ0) is 21.4. The van der Waals surface area contributed by atoms with Crippen molar-refractivity contribution in [2.24, 2.45) is 7.05 Å². The molecule has 0 radical (unpaired) electrons. The Bertz CT molecular complexity index is 1180. The molecule has 0 spiro atoms. The van der Waals surface area contributed by atoms with Gasteiger partial charge in [0.05, 0.1) is 24.2 Å². The molecule has 0 atom stereocenters. The van der Waals surface area contributed by atoms with Crippen molar-refractivity contribution in [3.05, 3.63) is 40.0 Å². The van der Waals surface area contributed by atoms with Crippen molar-refractivity contribution in [2.45, 2.75) is 44.8 Å². The molecular formula is C20H28N8O2. The fourth-order valence-electron chi connectivity index (χ4n) is 4.15. The van der Waals surface area contributed by atoms with Crippen molar-refractivity contribution in [3.63, 3.8) is 0 Å². The highest BCUT2D eigenvalue weighted by Gasteiger charge is 2.26. The van der Waals surface area contributed by atoms with E-state index in [0.717, 1.165) is 36.9 Å². The summed E-state index contributed by atoms with van der Waals surface area (Å²) in [6.07, 6.45) is 7.37. The number of anilines is 2. The van der Waals surface area contributed by atoms with Gasteiger partial charge in [-0.2, -0.15) is 4.98 Å². The Morgan fingerprint density at radius 1 is 1.27 bits per heavy atom. The average Bonchev–Trinajstić information content (AvgIpc) is 3.00. The van der Waals surface area contributed by atoms with Gasteiger partial charge in [-0.05, 0) is 44.2 Å². The summed E-state index contributed by atoms with van der Waals surface area (Å²) in [6.45, 7) is 1.92. The lowest BCUT2D eigenvalue weighted by molar-refractivity contribution is 0.0584. The van der Waals surface area contributed by atoms with Crippen molar-refractivity contribution in [3.8, 4) is 0 Å². The minimum absolute atomic E-state index is 0.0694. The number of fused-ring (bicyclic) bond motifs is 1. The standard InChI is InChI=1S/C20H28N8O2/c1-12-9-17(21)27(22-2)11-15(12)24-19-23-10-16-18(25-19)28(20(29)26(16)3)13-5-7-14(30-4)8-6-13/h9-11,13-14,21-22H,5-8H2,1-4H3,(H,23,24,25)/t13-,14+. The minimum atomic E-state index is -0.0694. The number of nitrogens with one attached hydrogen (secondary N) is 3. The van der Waals surface area contributed by atoms with Crippen molar-refractivity contribution in [1.82, 2.24) is 23.8 Å². The van der Waals surface area contributed by atoms with Gasteiger partial charge in [0.1, 0.15) is 11.0 Å². The number of nitrogens with zero attached hydrogens (tertiary/aromatic N) is 5. The molecule has 0 aliphatic heterocycles. The van der Waals surface area contributed by atoms with Crippen molar-refractivity contribution in [2.75, 3.05) is 24.9 Å². The quantitative estimate of drug-likeness (QED) is 0.588. The number of imidazole rings is 1. The van der Waals surface area contributed by atoms with Crippen LogP contribution in [-0.4, -0.2) is 44.0 Å². The molecule has 10 heteroatoms. The molecule has 3 aromatic heterocycles. The van der Waals surface area contributed by atoms with E-state index in [1.165, 1.54) is 0 Å². The predicted molar refractivity (Wildman–Crippen MR) is 115 cm³/mol. The molecule has 10 nitrogen and oxygen atoms in total. The van der Waals surface area contributed by atoms with E-state index in [4.69, 9.17) is 15.1 Å². The number of aryl methyl sites for hydroxylation is 2. The largest absolute Gasteiger partial charge is 0.381 e. The Morgan fingerprint density at radius 2 is 2.00 bits per heavy atom. The van der Waals surface area contributed by atoms with E-state index in [1.54, 1.807) is 48.9 Å². The van der Waals surface area contributed by atoms with Gasteiger partial charge in [0.15, 0.2) is 5.65 Å². The second-order valence-corrected chi connectivity index (χ2v) is 7.75. The number of hydrogen-bond donors (Lipinski definition) is 3. The summed E-state index contributed by atoms with van der Waals surface area (Å²) < 4.78 is 10.5. The smallest absolute Gasteiger partial charge is 0.330 e. The maximum absolute atomic E-state index is 13.0. The minimum Gasteiger partial charge on any atom is -0.381 e. The maximum Gasteiger partial charge on any atom is 0.330 e. The summed E-state index contributed by atoms with van der Waals surface area (Å²) in [5.41, 5.74) is 6.25. The zero-order valence-corrected chi connectivity index (χ0v) is 17.8. The van der Waals surface area contributed by atoms with Gasteiger partial charge in [-0.1, -0.05) is 0 Å². The maximum atomic E-state index is 13.0. The molecule has 160 valence electrons. The van der Waals surface area contributed by atoms with E-state index in [2.05, 4.69) is 15.7 Å². The topological polar surface area (TPSA) is 115 Å². The Kier molecular flexibility index (Phi) is 5.33. The van der Waals surface area contributed by atoms with Gasteiger partial charge in [-0.25, -0.2) is 14.5 Å². The third kappa shape index (κ3) is 3.47. The van der Waals surface area contributed by atoms with Gasteiger partial charge in [-0.15, -0.1) is 0 Å². The van der Waals surface area contributed by atoms with E-state index < -0.39 is 0 Å². The highest BCUT2D eigenvalue weighted by molar-refractivity contribution is 5.73. The van der Waals surface area contributed by atoms with Gasteiger partial charge in [0.25, 0.3) is 0 Å². The summed E-state index contributed by atoms with van der Waals surface area (Å²) in [7, 11) is 5.25. The second-order valence-electron chi connectivity index (χ2n) is 7.75. The molecule has 30 heavy (non-hydrogen) atoms. The van der Waals surface area contributed by atoms with Crippen LogP contribution in [0.25, 0.3) is 11.2 Å². The Labute approximate surface area is 174 Å². The van der Waals surface area contributed by atoms with Crippen LogP contribution < -0.4 is 21.9 Å². The third-order valence-corrected chi connectivity index (χ3v) is 5.96. The van der Waals surface area contributed by atoms with Crippen molar-refractivity contribution in [1.29, 1.82) is 5.41 Å². The molecule has 3 aromatic rings. The van der Waals surface area contributed by atoms with Crippen LogP contribution in [0.15, 0.2) is 23.3 Å². The number of ether oxygens (including phenoxy) is 1. The van der Waals surface area contributed by atoms with Crippen LogP contribution in [0.4, 0.5) is 11.6 Å². The molecule has 0 saturated heterocycles. The predicted octanol–water partition coefficient (Wildman–Crippen LogP) is 1.77. The molecule has 1 aliphatic rings. The number of pyridine rings is 1. The number of aromatic nitrogens is 5. The molecule has 1 saturated carbocycles. The van der Waals surface area contributed by atoms with Crippen LogP contribution in [0.1, 0.15) is 37.3 Å². The summed E-state index contributed by atoms with van der Waals surface area (Å²) in [5, 5.41) is 11.2. The first kappa shape index (κ1) is 20.1. The van der Waals surface area contributed by atoms with Gasteiger partial charge in [-0.3, -0.25) is 14.5 Å². The second kappa shape index (κ2) is 7.94. The average molecular weight is 412 g/mol. The summed E-state index contributed by atoms with van der Waals surface area (Å²) >= 11 is 0. The fourth-order valence-corrected chi connectivity index (χ4v) is 4.15. The van der Waals surface area contributed by atoms with E-state index in [1.807, 2.05) is 11.5 Å². The molecular weight excluding hydrogens is 384 g/mol. The Hall–Kier alpha value is -3.14. The molecule has 0 unspecified atom stereocenters. The Balaban J connectivity index is 1.72. The van der Waals surface area contributed by atoms with E-state index in [0.29, 0.717) is 22.6 Å². The first-order chi connectivity index (χ1) is 14.4. The monoisotopic (exact) mass is 412 g/mol. The summed E-state index contributed by atoms with van der Waals surface area (Å²) in [4.78, 5) is 22.1. The third-order valence-electron chi connectivity index (χ3n) is 5.96. The van der Waals surface area contributed by atoms with Crippen LogP contribution >= 0.6 is 0 Å². The molecule has 0 amide bonds. The van der Waals surface area contributed by atoms with E-state index in [9.17, 15) is 4.79 Å². The lowest BCUT2D eigenvalue weighted by Gasteiger charge is -2.28. The number of rotatable bonds is 5. The van der Waals surface area contributed by atoms with E-state index >= 15 is 0 Å². The lowest BCUT2D eigenvalue weighted by Crippen LogP contribution is -2.30. The van der Waals surface area contributed by atoms with Crippen LogP contribution in [-0.2, 0) is 11.8 Å². The fraction of sp³-hybridized carbons (Fsp3) is 0.500. The molecule has 0 aromatic carbocycles. The highest BCUT2D eigenvalue weighted by Crippen LogP contribution is 2.31. The molecule has 0 bridgehead atoms. The van der Waals surface area contributed by atoms with E-state index in [-0.39, 0.29) is 17.8 Å². The SMILES string of the molecule is CNn1cc(Nc2ncc3c(n2)n([C@H]2CC[C@@H](OC)CC2)c(=O)n3C)c(C)cc1=N. The highest BCUT2D eigenvalue weighted by atomic mass is 16.5. The first-order valence-electron chi connectivity index (χ1n) is 10.1. The number of methoxy groups -OCH3 is 1. The normalized spacial score (nSPS) is 19.2. The van der Waals surface area contributed by atoms with Gasteiger partial charge >= 0.3 is 5.69 Å². The molecule has 1 fully saturated rings. The van der Waals surface area contributed by atoms with Crippen molar-refractivity contribution >= 4 is 22.8 Å². The first-order valence-corrected chi connectivity index (χ1v) is 10.1. The van der Waals surface area contributed by atoms with Crippen molar-refractivity contribution < 1.29 is 4.74 Å². The number of hydrogen-bond acceptors (Lipinski definition) is 7. The summed E-state index contributed by atoms with van der Waals surface area (Å²) in [5.74, 6) is 0.413. The molecule has 1 aliphatic carbocycles.